The highest BCUT2D eigenvalue weighted by atomic mass is 32.2. The minimum atomic E-state index is -3.75. The van der Waals surface area contributed by atoms with Gasteiger partial charge in [0.25, 0.3) is 5.69 Å². The molecule has 0 aromatic heterocycles. The molecule has 2 atom stereocenters. The van der Waals surface area contributed by atoms with Gasteiger partial charge in [-0.05, 0) is 37.8 Å². The lowest BCUT2D eigenvalue weighted by molar-refractivity contribution is -0.384. The van der Waals surface area contributed by atoms with Crippen molar-refractivity contribution in [2.75, 3.05) is 18.4 Å². The Labute approximate surface area is 159 Å². The van der Waals surface area contributed by atoms with Crippen LogP contribution in [0.4, 0.5) is 11.4 Å². The molecule has 0 amide bonds. The second kappa shape index (κ2) is 8.53. The molecular formula is C18H27N3O5S. The molecule has 2 aliphatic rings. The van der Waals surface area contributed by atoms with Crippen LogP contribution >= 0.6 is 0 Å². The SMILES string of the molecule is O=[N+]([O-])c1cc(S(=O)(=O)N2CCCCCC2)ccc1N[C@H]1CCCC[C@@H]1O. The quantitative estimate of drug-likeness (QED) is 0.583. The van der Waals surface area contributed by atoms with Crippen LogP contribution < -0.4 is 5.32 Å². The molecule has 1 aromatic rings. The second-order valence-corrected chi connectivity index (χ2v) is 9.29. The Morgan fingerprint density at radius 2 is 1.74 bits per heavy atom. The fraction of sp³-hybridized carbons (Fsp3) is 0.667. The molecule has 150 valence electrons. The van der Waals surface area contributed by atoms with Gasteiger partial charge in [-0.1, -0.05) is 25.7 Å². The van der Waals surface area contributed by atoms with Gasteiger partial charge in [0, 0.05) is 19.2 Å². The van der Waals surface area contributed by atoms with Crippen molar-refractivity contribution in [3.05, 3.63) is 28.3 Å². The van der Waals surface area contributed by atoms with E-state index in [0.29, 0.717) is 19.5 Å². The lowest BCUT2D eigenvalue weighted by atomic mass is 9.92. The topological polar surface area (TPSA) is 113 Å². The normalized spacial score (nSPS) is 24.9. The predicted molar refractivity (Wildman–Crippen MR) is 102 cm³/mol. The number of nitro groups is 1. The van der Waals surface area contributed by atoms with E-state index >= 15 is 0 Å². The molecule has 1 aliphatic carbocycles. The van der Waals surface area contributed by atoms with Crippen molar-refractivity contribution in [2.45, 2.75) is 68.4 Å². The number of nitro benzene ring substituents is 1. The molecule has 0 spiro atoms. The molecule has 2 N–H and O–H groups in total. The van der Waals surface area contributed by atoms with Gasteiger partial charge in [-0.15, -0.1) is 0 Å². The van der Waals surface area contributed by atoms with Crippen LogP contribution in [0.1, 0.15) is 51.4 Å². The number of hydrogen-bond acceptors (Lipinski definition) is 6. The first kappa shape index (κ1) is 20.0. The molecule has 0 unspecified atom stereocenters. The third-order valence-electron chi connectivity index (χ3n) is 5.44. The standard InChI is InChI=1S/C18H27N3O5S/c22-18-8-4-3-7-16(18)19-15-10-9-14(13-17(15)21(23)24)27(25,26)20-11-5-1-2-6-12-20/h9-10,13,16,18-19,22H,1-8,11-12H2/t16-,18-/m0/s1. The van der Waals surface area contributed by atoms with E-state index in [1.807, 2.05) is 0 Å². The number of sulfonamides is 1. The molecule has 3 rings (SSSR count). The van der Waals surface area contributed by atoms with Crippen LogP contribution in [0.5, 0.6) is 0 Å². The number of nitrogens with one attached hydrogen (secondary N) is 1. The van der Waals surface area contributed by atoms with Crippen molar-refractivity contribution < 1.29 is 18.4 Å². The molecule has 0 radical (unpaired) electrons. The monoisotopic (exact) mass is 397 g/mol. The average Bonchev–Trinajstić information content (AvgIpc) is 2.93. The molecular weight excluding hydrogens is 370 g/mol. The number of nitrogens with zero attached hydrogens (tertiary/aromatic N) is 2. The second-order valence-electron chi connectivity index (χ2n) is 7.36. The van der Waals surface area contributed by atoms with E-state index in [1.165, 1.54) is 16.4 Å². The van der Waals surface area contributed by atoms with Gasteiger partial charge in [0.15, 0.2) is 0 Å². The minimum Gasteiger partial charge on any atom is -0.391 e. The van der Waals surface area contributed by atoms with Gasteiger partial charge < -0.3 is 10.4 Å². The number of aliphatic hydroxyl groups is 1. The maximum Gasteiger partial charge on any atom is 0.293 e. The molecule has 27 heavy (non-hydrogen) atoms. The summed E-state index contributed by atoms with van der Waals surface area (Å²) in [4.78, 5) is 10.9. The molecule has 0 bridgehead atoms. The van der Waals surface area contributed by atoms with E-state index in [-0.39, 0.29) is 22.3 Å². The number of aliphatic hydroxyl groups excluding tert-OH is 1. The first-order valence-corrected chi connectivity index (χ1v) is 11.1. The Bertz CT molecular complexity index is 775. The zero-order valence-electron chi connectivity index (χ0n) is 15.3. The van der Waals surface area contributed by atoms with Crippen LogP contribution in [-0.4, -0.2) is 48.0 Å². The predicted octanol–water partition coefficient (Wildman–Crippen LogP) is 2.87. The summed E-state index contributed by atoms with van der Waals surface area (Å²) in [6.45, 7) is 0.898. The summed E-state index contributed by atoms with van der Waals surface area (Å²) in [5, 5.41) is 24.7. The fourth-order valence-electron chi connectivity index (χ4n) is 3.86. The van der Waals surface area contributed by atoms with Crippen LogP contribution in [0.2, 0.25) is 0 Å². The lowest BCUT2D eigenvalue weighted by Crippen LogP contribution is -2.36. The Morgan fingerprint density at radius 1 is 1.07 bits per heavy atom. The van der Waals surface area contributed by atoms with Gasteiger partial charge in [0.1, 0.15) is 5.69 Å². The van der Waals surface area contributed by atoms with E-state index in [1.54, 1.807) is 0 Å². The minimum absolute atomic E-state index is 0.0501. The summed E-state index contributed by atoms with van der Waals surface area (Å²) < 4.78 is 27.2. The van der Waals surface area contributed by atoms with Gasteiger partial charge in [0.05, 0.1) is 22.0 Å². The van der Waals surface area contributed by atoms with E-state index in [4.69, 9.17) is 0 Å². The molecule has 1 saturated heterocycles. The zero-order chi connectivity index (χ0) is 19.4. The molecule has 8 nitrogen and oxygen atoms in total. The van der Waals surface area contributed by atoms with Gasteiger partial charge in [-0.2, -0.15) is 4.31 Å². The number of anilines is 1. The highest BCUT2D eigenvalue weighted by Gasteiger charge is 2.30. The first-order chi connectivity index (χ1) is 12.9. The van der Waals surface area contributed by atoms with Crippen molar-refractivity contribution in [2.24, 2.45) is 0 Å². The van der Waals surface area contributed by atoms with Crippen molar-refractivity contribution in [1.82, 2.24) is 4.31 Å². The zero-order valence-corrected chi connectivity index (χ0v) is 16.2. The molecule has 2 fully saturated rings. The fourth-order valence-corrected chi connectivity index (χ4v) is 5.39. The Balaban J connectivity index is 1.87. The molecule has 1 heterocycles. The Morgan fingerprint density at radius 3 is 2.37 bits per heavy atom. The Kier molecular flexibility index (Phi) is 6.33. The molecule has 1 aliphatic heterocycles. The summed E-state index contributed by atoms with van der Waals surface area (Å²) >= 11 is 0. The maximum absolute atomic E-state index is 12.9. The van der Waals surface area contributed by atoms with Crippen LogP contribution in [-0.2, 0) is 10.0 Å². The number of benzene rings is 1. The van der Waals surface area contributed by atoms with E-state index in [0.717, 1.165) is 51.0 Å². The lowest BCUT2D eigenvalue weighted by Gasteiger charge is -2.29. The summed E-state index contributed by atoms with van der Waals surface area (Å²) in [5.74, 6) is 0. The number of rotatable bonds is 5. The first-order valence-electron chi connectivity index (χ1n) is 9.63. The average molecular weight is 397 g/mol. The van der Waals surface area contributed by atoms with Crippen molar-refractivity contribution in [1.29, 1.82) is 0 Å². The summed E-state index contributed by atoms with van der Waals surface area (Å²) in [5.41, 5.74) is -0.0237. The third-order valence-corrected chi connectivity index (χ3v) is 7.33. The van der Waals surface area contributed by atoms with Crippen molar-refractivity contribution >= 4 is 21.4 Å². The summed E-state index contributed by atoms with van der Waals surface area (Å²) in [6.07, 6.45) is 6.33. The van der Waals surface area contributed by atoms with E-state index < -0.39 is 21.1 Å². The van der Waals surface area contributed by atoms with Gasteiger partial charge in [-0.25, -0.2) is 8.42 Å². The molecule has 1 aromatic carbocycles. The highest BCUT2D eigenvalue weighted by Crippen LogP contribution is 2.32. The maximum atomic E-state index is 12.9. The Hall–Kier alpha value is -1.71. The molecule has 1 saturated carbocycles. The third kappa shape index (κ3) is 4.59. The van der Waals surface area contributed by atoms with Gasteiger partial charge in [0.2, 0.25) is 10.0 Å². The largest absolute Gasteiger partial charge is 0.391 e. The van der Waals surface area contributed by atoms with Gasteiger partial charge in [-0.3, -0.25) is 10.1 Å². The van der Waals surface area contributed by atoms with Crippen molar-refractivity contribution in [3.63, 3.8) is 0 Å². The highest BCUT2D eigenvalue weighted by molar-refractivity contribution is 7.89. The summed E-state index contributed by atoms with van der Waals surface area (Å²) in [6, 6.07) is 3.75. The van der Waals surface area contributed by atoms with Crippen LogP contribution in [0.3, 0.4) is 0 Å². The smallest absolute Gasteiger partial charge is 0.293 e. The van der Waals surface area contributed by atoms with Crippen LogP contribution in [0.25, 0.3) is 0 Å². The van der Waals surface area contributed by atoms with E-state index in [9.17, 15) is 23.6 Å². The van der Waals surface area contributed by atoms with Crippen LogP contribution in [0, 0.1) is 10.1 Å². The van der Waals surface area contributed by atoms with E-state index in [2.05, 4.69) is 5.32 Å². The summed E-state index contributed by atoms with van der Waals surface area (Å²) in [7, 11) is -3.75. The van der Waals surface area contributed by atoms with Crippen LogP contribution in [0.15, 0.2) is 23.1 Å². The van der Waals surface area contributed by atoms with Gasteiger partial charge >= 0.3 is 0 Å². The molecule has 9 heteroatoms. The number of hydrogen-bond donors (Lipinski definition) is 2. The van der Waals surface area contributed by atoms with Crippen molar-refractivity contribution in [3.8, 4) is 0 Å².